The fourth-order valence-electron chi connectivity index (χ4n) is 2.41. The lowest BCUT2D eigenvalue weighted by Crippen LogP contribution is -2.38. The van der Waals surface area contributed by atoms with Crippen molar-refractivity contribution in [1.82, 2.24) is 15.0 Å². The van der Waals surface area contributed by atoms with E-state index in [-0.39, 0.29) is 12.8 Å². The van der Waals surface area contributed by atoms with Crippen LogP contribution >= 0.6 is 0 Å². The highest BCUT2D eigenvalue weighted by Crippen LogP contribution is 2.34. The normalized spacial score (nSPS) is 18.9. The first-order valence-electron chi connectivity index (χ1n) is 6.95. The third-order valence-corrected chi connectivity index (χ3v) is 3.51. The van der Waals surface area contributed by atoms with E-state index in [1.165, 1.54) is 0 Å². The van der Waals surface area contributed by atoms with Crippen LogP contribution in [0.4, 0.5) is 13.2 Å². The zero-order valence-corrected chi connectivity index (χ0v) is 11.8. The van der Waals surface area contributed by atoms with Gasteiger partial charge in [0.2, 0.25) is 5.89 Å². The molecule has 2 rings (SSSR count). The van der Waals surface area contributed by atoms with E-state index in [4.69, 9.17) is 4.52 Å². The van der Waals surface area contributed by atoms with E-state index < -0.39 is 12.1 Å². The van der Waals surface area contributed by atoms with Crippen LogP contribution in [0.2, 0.25) is 0 Å². The van der Waals surface area contributed by atoms with Crippen LogP contribution in [0.15, 0.2) is 4.52 Å². The van der Waals surface area contributed by atoms with Crippen LogP contribution in [-0.4, -0.2) is 34.3 Å². The van der Waals surface area contributed by atoms with Crippen LogP contribution in [0.5, 0.6) is 0 Å². The van der Waals surface area contributed by atoms with Gasteiger partial charge in [-0.15, -0.1) is 0 Å². The highest BCUT2D eigenvalue weighted by Gasteiger charge is 2.41. The van der Waals surface area contributed by atoms with Crippen molar-refractivity contribution in [3.63, 3.8) is 0 Å². The van der Waals surface area contributed by atoms with E-state index in [1.807, 2.05) is 4.90 Å². The van der Waals surface area contributed by atoms with Crippen molar-refractivity contribution in [3.05, 3.63) is 11.7 Å². The first kappa shape index (κ1) is 15.3. The van der Waals surface area contributed by atoms with Gasteiger partial charge in [0, 0.05) is 6.42 Å². The van der Waals surface area contributed by atoms with Crippen molar-refractivity contribution >= 4 is 0 Å². The van der Waals surface area contributed by atoms with Crippen LogP contribution < -0.4 is 0 Å². The van der Waals surface area contributed by atoms with Crippen LogP contribution in [0, 0.1) is 11.8 Å². The SMILES string of the molecule is CC(C)Cc1noc(CN2CCC(C(F)(F)F)CC2)n1. The molecule has 0 spiro atoms. The molecule has 1 aliphatic heterocycles. The average molecular weight is 291 g/mol. The van der Waals surface area contributed by atoms with Crippen LogP contribution in [0.25, 0.3) is 0 Å². The summed E-state index contributed by atoms with van der Waals surface area (Å²) in [7, 11) is 0. The molecule has 0 atom stereocenters. The van der Waals surface area contributed by atoms with Crippen LogP contribution in [0.3, 0.4) is 0 Å². The Kier molecular flexibility index (Phi) is 4.67. The molecule has 0 aromatic carbocycles. The lowest BCUT2D eigenvalue weighted by Gasteiger charge is -2.31. The molecule has 20 heavy (non-hydrogen) atoms. The van der Waals surface area contributed by atoms with Crippen molar-refractivity contribution in [3.8, 4) is 0 Å². The number of nitrogens with zero attached hydrogens (tertiary/aromatic N) is 3. The first-order valence-corrected chi connectivity index (χ1v) is 6.95. The Morgan fingerprint density at radius 1 is 1.30 bits per heavy atom. The van der Waals surface area contributed by atoms with Crippen molar-refractivity contribution in [2.45, 2.75) is 45.8 Å². The second-order valence-electron chi connectivity index (χ2n) is 5.79. The monoisotopic (exact) mass is 291 g/mol. The molecule has 1 aliphatic rings. The lowest BCUT2D eigenvalue weighted by molar-refractivity contribution is -0.185. The van der Waals surface area contributed by atoms with E-state index in [1.54, 1.807) is 0 Å². The highest BCUT2D eigenvalue weighted by atomic mass is 19.4. The maximum absolute atomic E-state index is 12.6. The number of rotatable bonds is 4. The second-order valence-corrected chi connectivity index (χ2v) is 5.79. The zero-order chi connectivity index (χ0) is 14.8. The van der Waals surface area contributed by atoms with Crippen molar-refractivity contribution in [2.24, 2.45) is 11.8 Å². The van der Waals surface area contributed by atoms with Gasteiger partial charge in [0.15, 0.2) is 5.82 Å². The minimum Gasteiger partial charge on any atom is -0.338 e. The second kappa shape index (κ2) is 6.11. The smallest absolute Gasteiger partial charge is 0.338 e. The quantitative estimate of drug-likeness (QED) is 0.855. The third-order valence-electron chi connectivity index (χ3n) is 3.51. The van der Waals surface area contributed by atoms with Gasteiger partial charge < -0.3 is 4.52 Å². The summed E-state index contributed by atoms with van der Waals surface area (Å²) in [6.45, 7) is 5.42. The van der Waals surface area contributed by atoms with Gasteiger partial charge in [-0.3, -0.25) is 4.90 Å². The van der Waals surface area contributed by atoms with Gasteiger partial charge >= 0.3 is 6.18 Å². The van der Waals surface area contributed by atoms with Crippen LogP contribution in [-0.2, 0) is 13.0 Å². The first-order chi connectivity index (χ1) is 9.34. The van der Waals surface area contributed by atoms with E-state index in [9.17, 15) is 13.2 Å². The molecule has 1 aromatic rings. The Bertz CT molecular complexity index is 423. The number of halogens is 3. The molecular weight excluding hydrogens is 271 g/mol. The predicted molar refractivity (Wildman–Crippen MR) is 66.9 cm³/mol. The minimum atomic E-state index is -4.07. The molecule has 0 saturated carbocycles. The maximum atomic E-state index is 12.6. The molecule has 1 fully saturated rings. The molecule has 0 radical (unpaired) electrons. The summed E-state index contributed by atoms with van der Waals surface area (Å²) >= 11 is 0. The Hall–Kier alpha value is -1.11. The molecule has 0 amide bonds. The van der Waals surface area contributed by atoms with Crippen molar-refractivity contribution in [2.75, 3.05) is 13.1 Å². The molecule has 0 unspecified atom stereocenters. The Morgan fingerprint density at radius 2 is 1.95 bits per heavy atom. The summed E-state index contributed by atoms with van der Waals surface area (Å²) in [6.07, 6.45) is -3.02. The lowest BCUT2D eigenvalue weighted by atomic mass is 9.96. The Morgan fingerprint density at radius 3 is 2.50 bits per heavy atom. The number of hydrogen-bond donors (Lipinski definition) is 0. The predicted octanol–water partition coefficient (Wildman–Crippen LogP) is 3.04. The van der Waals surface area contributed by atoms with Gasteiger partial charge in [-0.25, -0.2) is 0 Å². The summed E-state index contributed by atoms with van der Waals surface area (Å²) in [5, 5.41) is 3.88. The van der Waals surface area contributed by atoms with E-state index >= 15 is 0 Å². The van der Waals surface area contributed by atoms with Crippen molar-refractivity contribution in [1.29, 1.82) is 0 Å². The van der Waals surface area contributed by atoms with Gasteiger partial charge in [-0.1, -0.05) is 19.0 Å². The molecule has 0 aliphatic carbocycles. The molecule has 114 valence electrons. The van der Waals surface area contributed by atoms with Crippen LogP contribution in [0.1, 0.15) is 38.4 Å². The minimum absolute atomic E-state index is 0.149. The molecule has 4 nitrogen and oxygen atoms in total. The molecule has 7 heteroatoms. The standard InChI is InChI=1S/C13H20F3N3O/c1-9(2)7-11-17-12(20-18-11)8-19-5-3-10(4-6-19)13(14,15)16/h9-10H,3-8H2,1-2H3. The van der Waals surface area contributed by atoms with Gasteiger partial charge in [0.1, 0.15) is 0 Å². The molecule has 2 heterocycles. The molecule has 0 N–H and O–H groups in total. The Labute approximate surface area is 116 Å². The summed E-state index contributed by atoms with van der Waals surface area (Å²) < 4.78 is 42.8. The largest absolute Gasteiger partial charge is 0.391 e. The summed E-state index contributed by atoms with van der Waals surface area (Å²) in [4.78, 5) is 6.21. The van der Waals surface area contributed by atoms with E-state index in [0.29, 0.717) is 37.3 Å². The fraction of sp³-hybridized carbons (Fsp3) is 0.846. The van der Waals surface area contributed by atoms with Gasteiger partial charge in [-0.05, 0) is 31.8 Å². The van der Waals surface area contributed by atoms with Gasteiger partial charge in [0.25, 0.3) is 0 Å². The molecule has 1 aromatic heterocycles. The number of aromatic nitrogens is 2. The van der Waals surface area contributed by atoms with E-state index in [2.05, 4.69) is 24.0 Å². The van der Waals surface area contributed by atoms with Gasteiger partial charge in [-0.2, -0.15) is 18.2 Å². The average Bonchev–Trinajstić information content (AvgIpc) is 2.75. The Balaban J connectivity index is 1.82. The highest BCUT2D eigenvalue weighted by molar-refractivity contribution is 4.88. The zero-order valence-electron chi connectivity index (χ0n) is 11.8. The van der Waals surface area contributed by atoms with Crippen molar-refractivity contribution < 1.29 is 17.7 Å². The number of alkyl halides is 3. The summed E-state index contributed by atoms with van der Waals surface area (Å²) in [6, 6.07) is 0. The summed E-state index contributed by atoms with van der Waals surface area (Å²) in [5.74, 6) is 0.437. The fourth-order valence-corrected chi connectivity index (χ4v) is 2.41. The number of hydrogen-bond acceptors (Lipinski definition) is 4. The molecule has 0 bridgehead atoms. The summed E-state index contributed by atoms with van der Waals surface area (Å²) in [5.41, 5.74) is 0. The van der Waals surface area contributed by atoms with E-state index in [0.717, 1.165) is 6.42 Å². The third kappa shape index (κ3) is 4.19. The van der Waals surface area contributed by atoms with Gasteiger partial charge in [0.05, 0.1) is 12.5 Å². The molecular formula is C13H20F3N3O. The number of piperidine rings is 1. The topological polar surface area (TPSA) is 42.2 Å². The molecule has 1 saturated heterocycles. The number of likely N-dealkylation sites (tertiary alicyclic amines) is 1. The maximum Gasteiger partial charge on any atom is 0.391 e.